The summed E-state index contributed by atoms with van der Waals surface area (Å²) < 4.78 is 11.7. The maximum atomic E-state index is 12.8. The molecule has 182 valence electrons. The Morgan fingerprint density at radius 2 is 1.80 bits per heavy atom. The van der Waals surface area contributed by atoms with Crippen molar-refractivity contribution in [3.63, 3.8) is 0 Å². The van der Waals surface area contributed by atoms with Gasteiger partial charge >= 0.3 is 0 Å². The molecule has 2 amide bonds. The second kappa shape index (κ2) is 9.82. The van der Waals surface area contributed by atoms with Gasteiger partial charge in [-0.2, -0.15) is 0 Å². The number of rotatable bonds is 6. The molecule has 0 saturated carbocycles. The lowest BCUT2D eigenvalue weighted by molar-refractivity contribution is -0.125. The molecule has 0 bridgehead atoms. The highest BCUT2D eigenvalue weighted by Gasteiger charge is 2.31. The molecule has 0 saturated heterocycles. The summed E-state index contributed by atoms with van der Waals surface area (Å²) in [6.45, 7) is 10.9. The smallest absolute Gasteiger partial charge is 0.267 e. The predicted octanol–water partition coefficient (Wildman–Crippen LogP) is 5.74. The lowest BCUT2D eigenvalue weighted by Crippen LogP contribution is -2.46. The highest BCUT2D eigenvalue weighted by Crippen LogP contribution is 2.36. The number of carbonyl (C=O) groups excluding carboxylic acids is 2. The first-order chi connectivity index (χ1) is 16.6. The van der Waals surface area contributed by atoms with Crippen LogP contribution in [0.3, 0.4) is 0 Å². The third kappa shape index (κ3) is 5.65. The fourth-order valence-electron chi connectivity index (χ4n) is 4.00. The largest absolute Gasteiger partial charge is 0.492 e. The molecule has 0 aromatic heterocycles. The fraction of sp³-hybridized carbons (Fsp3) is 0.310. The van der Waals surface area contributed by atoms with Crippen LogP contribution in [0.15, 0.2) is 66.7 Å². The number of benzene rings is 3. The van der Waals surface area contributed by atoms with E-state index in [4.69, 9.17) is 9.47 Å². The Bertz CT molecular complexity index is 1230. The van der Waals surface area contributed by atoms with E-state index < -0.39 is 6.10 Å². The minimum atomic E-state index is -0.627. The molecule has 0 radical (unpaired) electrons. The van der Waals surface area contributed by atoms with Gasteiger partial charge in [0.05, 0.1) is 12.2 Å². The first-order valence-corrected chi connectivity index (χ1v) is 11.9. The van der Waals surface area contributed by atoms with E-state index in [1.165, 1.54) is 5.56 Å². The summed E-state index contributed by atoms with van der Waals surface area (Å²) in [5.41, 5.74) is 4.15. The van der Waals surface area contributed by atoms with E-state index in [0.29, 0.717) is 35.8 Å². The number of aryl methyl sites for hydroxylation is 1. The number of carbonyl (C=O) groups is 2. The van der Waals surface area contributed by atoms with Crippen LogP contribution in [0.4, 0.5) is 11.4 Å². The molecule has 3 aromatic rings. The number of hydrogen-bond donors (Lipinski definition) is 1. The fourth-order valence-corrected chi connectivity index (χ4v) is 4.00. The van der Waals surface area contributed by atoms with Crippen LogP contribution < -0.4 is 19.7 Å². The summed E-state index contributed by atoms with van der Waals surface area (Å²) in [4.78, 5) is 27.3. The van der Waals surface area contributed by atoms with Gasteiger partial charge in [0.1, 0.15) is 18.1 Å². The van der Waals surface area contributed by atoms with E-state index in [1.54, 1.807) is 30.0 Å². The van der Waals surface area contributed by atoms with Crippen molar-refractivity contribution in [1.82, 2.24) is 0 Å². The maximum absolute atomic E-state index is 12.8. The standard InChI is InChI=1S/C29H32N2O4/c1-19-7-6-8-24(17-19)34-16-15-31-25-14-13-23(18-26(25)35-20(2)28(31)33)30-27(32)21-9-11-22(12-10-21)29(3,4)5/h6-14,17-18,20H,15-16H2,1-5H3,(H,30,32). The molecular formula is C29H32N2O4. The minimum Gasteiger partial charge on any atom is -0.492 e. The summed E-state index contributed by atoms with van der Waals surface area (Å²) in [6, 6.07) is 20.8. The van der Waals surface area contributed by atoms with Crippen LogP contribution in [-0.2, 0) is 10.2 Å². The summed E-state index contributed by atoms with van der Waals surface area (Å²) in [5, 5.41) is 2.93. The monoisotopic (exact) mass is 472 g/mol. The van der Waals surface area contributed by atoms with Crippen molar-refractivity contribution in [2.24, 2.45) is 0 Å². The summed E-state index contributed by atoms with van der Waals surface area (Å²) in [6.07, 6.45) is -0.627. The van der Waals surface area contributed by atoms with E-state index >= 15 is 0 Å². The SMILES string of the molecule is Cc1cccc(OCCN2C(=O)C(C)Oc3cc(NC(=O)c4ccc(C(C)(C)C)cc4)ccc32)c1. The minimum absolute atomic E-state index is 0.0237. The molecule has 3 aromatic carbocycles. The van der Waals surface area contributed by atoms with Crippen LogP contribution in [0, 0.1) is 6.92 Å². The van der Waals surface area contributed by atoms with Gasteiger partial charge in [0, 0.05) is 17.3 Å². The van der Waals surface area contributed by atoms with Crippen molar-refractivity contribution in [3.05, 3.63) is 83.4 Å². The Kier molecular flexibility index (Phi) is 6.83. The topological polar surface area (TPSA) is 67.9 Å². The first-order valence-electron chi connectivity index (χ1n) is 11.9. The average Bonchev–Trinajstić information content (AvgIpc) is 2.81. The Labute approximate surface area is 206 Å². The average molecular weight is 473 g/mol. The van der Waals surface area contributed by atoms with E-state index in [1.807, 2.05) is 55.5 Å². The van der Waals surface area contributed by atoms with Crippen molar-refractivity contribution in [1.29, 1.82) is 0 Å². The van der Waals surface area contributed by atoms with Crippen molar-refractivity contribution < 1.29 is 19.1 Å². The van der Waals surface area contributed by atoms with Crippen molar-refractivity contribution in [3.8, 4) is 11.5 Å². The van der Waals surface area contributed by atoms with Gasteiger partial charge in [-0.05, 0) is 66.8 Å². The van der Waals surface area contributed by atoms with Gasteiger partial charge in [0.15, 0.2) is 6.10 Å². The lowest BCUT2D eigenvalue weighted by Gasteiger charge is -2.33. The highest BCUT2D eigenvalue weighted by atomic mass is 16.5. The van der Waals surface area contributed by atoms with Crippen LogP contribution in [0.1, 0.15) is 49.2 Å². The molecule has 4 rings (SSSR count). The molecule has 6 nitrogen and oxygen atoms in total. The second-order valence-electron chi connectivity index (χ2n) is 9.88. The maximum Gasteiger partial charge on any atom is 0.267 e. The highest BCUT2D eigenvalue weighted by molar-refractivity contribution is 6.05. The van der Waals surface area contributed by atoms with Gasteiger partial charge in [0.25, 0.3) is 11.8 Å². The van der Waals surface area contributed by atoms with E-state index in [2.05, 4.69) is 26.1 Å². The van der Waals surface area contributed by atoms with Crippen LogP contribution in [-0.4, -0.2) is 31.1 Å². The number of amides is 2. The Morgan fingerprint density at radius 3 is 2.49 bits per heavy atom. The number of nitrogens with one attached hydrogen (secondary N) is 1. The van der Waals surface area contributed by atoms with Gasteiger partial charge in [-0.15, -0.1) is 0 Å². The summed E-state index contributed by atoms with van der Waals surface area (Å²) in [7, 11) is 0. The lowest BCUT2D eigenvalue weighted by atomic mass is 9.87. The van der Waals surface area contributed by atoms with Gasteiger partial charge in [0.2, 0.25) is 0 Å². The molecule has 0 fully saturated rings. The van der Waals surface area contributed by atoms with Crippen LogP contribution >= 0.6 is 0 Å². The van der Waals surface area contributed by atoms with Crippen molar-refractivity contribution in [2.75, 3.05) is 23.4 Å². The zero-order valence-corrected chi connectivity index (χ0v) is 20.9. The van der Waals surface area contributed by atoms with Gasteiger partial charge in [-0.1, -0.05) is 45.0 Å². The molecular weight excluding hydrogens is 440 g/mol. The van der Waals surface area contributed by atoms with E-state index in [9.17, 15) is 9.59 Å². The van der Waals surface area contributed by atoms with E-state index in [0.717, 1.165) is 11.3 Å². The molecule has 1 aliphatic rings. The number of fused-ring (bicyclic) bond motifs is 1. The van der Waals surface area contributed by atoms with Gasteiger partial charge in [-0.25, -0.2) is 0 Å². The first kappa shape index (κ1) is 24.3. The zero-order chi connectivity index (χ0) is 25.2. The predicted molar refractivity (Wildman–Crippen MR) is 139 cm³/mol. The molecule has 1 aliphatic heterocycles. The normalized spacial score (nSPS) is 15.3. The molecule has 35 heavy (non-hydrogen) atoms. The van der Waals surface area contributed by atoms with Crippen LogP contribution in [0.5, 0.6) is 11.5 Å². The van der Waals surface area contributed by atoms with Crippen molar-refractivity contribution in [2.45, 2.75) is 46.1 Å². The number of hydrogen-bond acceptors (Lipinski definition) is 4. The van der Waals surface area contributed by atoms with Crippen LogP contribution in [0.2, 0.25) is 0 Å². The molecule has 0 aliphatic carbocycles. The molecule has 0 spiro atoms. The zero-order valence-electron chi connectivity index (χ0n) is 20.9. The molecule has 1 unspecified atom stereocenters. The van der Waals surface area contributed by atoms with Gasteiger partial charge in [-0.3, -0.25) is 9.59 Å². The molecule has 1 heterocycles. The Morgan fingerprint density at radius 1 is 1.06 bits per heavy atom. The number of ether oxygens (including phenoxy) is 2. The molecule has 1 atom stereocenters. The van der Waals surface area contributed by atoms with Crippen molar-refractivity contribution >= 4 is 23.2 Å². The Hall–Kier alpha value is -3.80. The third-order valence-corrected chi connectivity index (χ3v) is 6.01. The Balaban J connectivity index is 1.46. The molecule has 1 N–H and O–H groups in total. The number of nitrogens with zero attached hydrogens (tertiary/aromatic N) is 1. The number of anilines is 2. The van der Waals surface area contributed by atoms with E-state index in [-0.39, 0.29) is 17.2 Å². The summed E-state index contributed by atoms with van der Waals surface area (Å²) >= 11 is 0. The summed E-state index contributed by atoms with van der Waals surface area (Å²) in [5.74, 6) is 0.996. The second-order valence-corrected chi connectivity index (χ2v) is 9.88. The van der Waals surface area contributed by atoms with Crippen LogP contribution in [0.25, 0.3) is 0 Å². The van der Waals surface area contributed by atoms with Gasteiger partial charge < -0.3 is 19.7 Å². The molecule has 6 heteroatoms. The quantitative estimate of drug-likeness (QED) is 0.497. The third-order valence-electron chi connectivity index (χ3n) is 6.01.